The average Bonchev–Trinajstić information content (AvgIpc) is 3.15. The summed E-state index contributed by atoms with van der Waals surface area (Å²) in [5.74, 6) is -1.44. The third-order valence-corrected chi connectivity index (χ3v) is 4.53. The van der Waals surface area contributed by atoms with Gasteiger partial charge in [-0.25, -0.2) is 0 Å². The van der Waals surface area contributed by atoms with Crippen molar-refractivity contribution >= 4 is 22.8 Å². The molecule has 1 heterocycles. The molecule has 1 aromatic heterocycles. The van der Waals surface area contributed by atoms with Crippen molar-refractivity contribution in [1.29, 1.82) is 0 Å². The third kappa shape index (κ3) is 4.90. The van der Waals surface area contributed by atoms with E-state index in [9.17, 15) is 14.7 Å². The number of phenols is 1. The topological polar surface area (TPSA) is 109 Å². The summed E-state index contributed by atoms with van der Waals surface area (Å²) in [5, 5.41) is 24.6. The molecule has 3 aromatic rings. The number of carbonyl (C=O) groups excluding carboxylic acids is 2. The number of hydrogen-bond acceptors (Lipinski definition) is 5. The summed E-state index contributed by atoms with van der Waals surface area (Å²) < 4.78 is 0. The van der Waals surface area contributed by atoms with Crippen LogP contribution in [0, 0.1) is 6.92 Å². The van der Waals surface area contributed by atoms with Gasteiger partial charge in [0.05, 0.1) is 0 Å². The number of fused-ring (bicyclic) bond motifs is 1. The smallest absolute Gasteiger partial charge is 0.309 e. The van der Waals surface area contributed by atoms with Crippen molar-refractivity contribution in [3.63, 3.8) is 0 Å². The van der Waals surface area contributed by atoms with E-state index in [1.54, 1.807) is 12.1 Å². The van der Waals surface area contributed by atoms with Crippen molar-refractivity contribution in [3.8, 4) is 11.4 Å². The molecule has 0 saturated heterocycles. The van der Waals surface area contributed by atoms with Gasteiger partial charge in [0.25, 0.3) is 0 Å². The molecule has 0 spiro atoms. The van der Waals surface area contributed by atoms with Crippen molar-refractivity contribution < 1.29 is 14.7 Å². The maximum atomic E-state index is 12.0. The Morgan fingerprint density at radius 2 is 1.69 bits per heavy atom. The van der Waals surface area contributed by atoms with Crippen LogP contribution in [0.25, 0.3) is 16.7 Å². The molecule has 8 nitrogen and oxygen atoms in total. The maximum Gasteiger partial charge on any atom is 0.309 e. The van der Waals surface area contributed by atoms with Gasteiger partial charge in [0.1, 0.15) is 22.5 Å². The van der Waals surface area contributed by atoms with Gasteiger partial charge in [-0.3, -0.25) is 9.59 Å². The fourth-order valence-corrected chi connectivity index (χ4v) is 3.00. The highest BCUT2D eigenvalue weighted by Gasteiger charge is 2.16. The third-order valence-electron chi connectivity index (χ3n) is 4.53. The van der Waals surface area contributed by atoms with Gasteiger partial charge in [-0.2, -0.15) is 0 Å². The molecule has 0 aliphatic heterocycles. The number of unbranched alkanes of at least 4 members (excludes halogenated alkanes) is 2. The van der Waals surface area contributed by atoms with E-state index in [-0.39, 0.29) is 12.3 Å². The molecule has 0 saturated carbocycles. The first-order chi connectivity index (χ1) is 14.0. The Morgan fingerprint density at radius 3 is 2.34 bits per heavy atom. The summed E-state index contributed by atoms with van der Waals surface area (Å²) in [6, 6.07) is 10.9. The zero-order valence-corrected chi connectivity index (χ0v) is 16.6. The van der Waals surface area contributed by atoms with Crippen LogP contribution in [-0.2, 0) is 16.1 Å². The SMILES string of the molecule is CCCCCNC(=O)C(=O)NCc1cc(C)cc(-n2nc3ccccc3n2)c1O. The molecule has 3 N–H and O–H groups in total. The number of rotatable bonds is 7. The lowest BCUT2D eigenvalue weighted by Crippen LogP contribution is -2.39. The second-order valence-corrected chi connectivity index (χ2v) is 6.92. The van der Waals surface area contributed by atoms with Gasteiger partial charge in [0.15, 0.2) is 0 Å². The molecule has 0 aliphatic carbocycles. The minimum atomic E-state index is -0.730. The second-order valence-electron chi connectivity index (χ2n) is 6.92. The highest BCUT2D eigenvalue weighted by molar-refractivity contribution is 6.35. The monoisotopic (exact) mass is 395 g/mol. The molecule has 29 heavy (non-hydrogen) atoms. The van der Waals surface area contributed by atoms with E-state index in [1.807, 2.05) is 31.2 Å². The summed E-state index contributed by atoms with van der Waals surface area (Å²) in [6.45, 7) is 4.43. The van der Waals surface area contributed by atoms with Gasteiger partial charge >= 0.3 is 11.8 Å². The molecule has 152 valence electrons. The van der Waals surface area contributed by atoms with Gasteiger partial charge in [-0.1, -0.05) is 38.0 Å². The Hall–Kier alpha value is -3.42. The van der Waals surface area contributed by atoms with Crippen molar-refractivity contribution in [2.45, 2.75) is 39.7 Å². The molecule has 2 aromatic carbocycles. The number of amides is 2. The standard InChI is InChI=1S/C21H25N5O3/c1-3-4-7-10-22-20(28)21(29)23-13-15-11-14(2)12-18(19(15)27)26-24-16-8-5-6-9-17(16)25-26/h5-6,8-9,11-12,27H,3-4,7,10,13H2,1-2H3,(H,22,28)(H,23,29). The minimum absolute atomic E-state index is 0.0164. The van der Waals surface area contributed by atoms with E-state index in [1.165, 1.54) is 4.80 Å². The van der Waals surface area contributed by atoms with Crippen molar-refractivity contribution in [1.82, 2.24) is 25.6 Å². The van der Waals surface area contributed by atoms with Gasteiger partial charge in [0, 0.05) is 18.7 Å². The lowest BCUT2D eigenvalue weighted by Gasteiger charge is -2.12. The van der Waals surface area contributed by atoms with Gasteiger partial charge in [-0.05, 0) is 37.1 Å². The molecule has 0 bridgehead atoms. The Balaban J connectivity index is 1.72. The number of aromatic hydroxyl groups is 1. The van der Waals surface area contributed by atoms with Crippen LogP contribution < -0.4 is 10.6 Å². The number of aromatic nitrogens is 3. The van der Waals surface area contributed by atoms with E-state index in [0.717, 1.165) is 24.8 Å². The van der Waals surface area contributed by atoms with Crippen LogP contribution >= 0.6 is 0 Å². The van der Waals surface area contributed by atoms with Crippen LogP contribution in [0.3, 0.4) is 0 Å². The van der Waals surface area contributed by atoms with Crippen molar-refractivity contribution in [3.05, 3.63) is 47.5 Å². The van der Waals surface area contributed by atoms with Gasteiger partial charge < -0.3 is 15.7 Å². The molecule has 8 heteroatoms. The van der Waals surface area contributed by atoms with Crippen LogP contribution in [0.1, 0.15) is 37.3 Å². The zero-order chi connectivity index (χ0) is 20.8. The Bertz CT molecular complexity index is 995. The Morgan fingerprint density at radius 1 is 1.03 bits per heavy atom. The largest absolute Gasteiger partial charge is 0.505 e. The minimum Gasteiger partial charge on any atom is -0.505 e. The zero-order valence-electron chi connectivity index (χ0n) is 16.6. The normalized spacial score (nSPS) is 10.8. The highest BCUT2D eigenvalue weighted by Crippen LogP contribution is 2.28. The van der Waals surface area contributed by atoms with E-state index in [0.29, 0.717) is 28.8 Å². The van der Waals surface area contributed by atoms with Crippen molar-refractivity contribution in [2.75, 3.05) is 6.54 Å². The molecule has 2 amide bonds. The number of benzene rings is 2. The van der Waals surface area contributed by atoms with Gasteiger partial charge in [-0.15, -0.1) is 15.0 Å². The summed E-state index contributed by atoms with van der Waals surface area (Å²) in [5.41, 5.74) is 3.18. The fourth-order valence-electron chi connectivity index (χ4n) is 3.00. The molecule has 0 aliphatic rings. The van der Waals surface area contributed by atoms with Crippen LogP contribution in [0.15, 0.2) is 36.4 Å². The van der Waals surface area contributed by atoms with Crippen LogP contribution in [0.4, 0.5) is 0 Å². The van der Waals surface area contributed by atoms with E-state index >= 15 is 0 Å². The van der Waals surface area contributed by atoms with Crippen LogP contribution in [-0.4, -0.2) is 38.5 Å². The molecular weight excluding hydrogens is 370 g/mol. The molecule has 0 radical (unpaired) electrons. The summed E-state index contributed by atoms with van der Waals surface area (Å²) >= 11 is 0. The quantitative estimate of drug-likeness (QED) is 0.420. The number of carbonyl (C=O) groups is 2. The molecular formula is C21H25N5O3. The summed E-state index contributed by atoms with van der Waals surface area (Å²) in [4.78, 5) is 25.2. The van der Waals surface area contributed by atoms with E-state index < -0.39 is 11.8 Å². The lowest BCUT2D eigenvalue weighted by atomic mass is 10.1. The Labute approximate surface area is 168 Å². The number of nitrogens with one attached hydrogen (secondary N) is 2. The van der Waals surface area contributed by atoms with Gasteiger partial charge in [0.2, 0.25) is 0 Å². The molecule has 0 unspecified atom stereocenters. The van der Waals surface area contributed by atoms with Crippen LogP contribution in [0.5, 0.6) is 5.75 Å². The predicted molar refractivity (Wildman–Crippen MR) is 110 cm³/mol. The first kappa shape index (κ1) is 20.3. The highest BCUT2D eigenvalue weighted by atomic mass is 16.3. The molecule has 0 atom stereocenters. The Kier molecular flexibility index (Phi) is 6.43. The maximum absolute atomic E-state index is 12.0. The van der Waals surface area contributed by atoms with E-state index in [4.69, 9.17) is 0 Å². The predicted octanol–water partition coefficient (Wildman–Crippen LogP) is 2.36. The molecule has 3 rings (SSSR count). The second kappa shape index (κ2) is 9.18. The van der Waals surface area contributed by atoms with E-state index in [2.05, 4.69) is 27.8 Å². The fraction of sp³-hybridized carbons (Fsp3) is 0.333. The summed E-state index contributed by atoms with van der Waals surface area (Å²) in [6.07, 6.45) is 2.87. The number of phenolic OH excluding ortho intramolecular Hbond substituents is 1. The average molecular weight is 395 g/mol. The number of nitrogens with zero attached hydrogens (tertiary/aromatic N) is 3. The number of hydrogen-bond donors (Lipinski definition) is 3. The first-order valence-corrected chi connectivity index (χ1v) is 9.70. The number of aryl methyl sites for hydroxylation is 1. The summed E-state index contributed by atoms with van der Waals surface area (Å²) in [7, 11) is 0. The van der Waals surface area contributed by atoms with Crippen molar-refractivity contribution in [2.24, 2.45) is 0 Å². The van der Waals surface area contributed by atoms with Crippen LogP contribution in [0.2, 0.25) is 0 Å². The molecule has 0 fully saturated rings. The lowest BCUT2D eigenvalue weighted by molar-refractivity contribution is -0.139. The first-order valence-electron chi connectivity index (χ1n) is 9.70.